The lowest BCUT2D eigenvalue weighted by Gasteiger charge is -2.23. The highest BCUT2D eigenvalue weighted by atomic mass is 32.1. The van der Waals surface area contributed by atoms with E-state index in [1.54, 1.807) is 17.0 Å². The summed E-state index contributed by atoms with van der Waals surface area (Å²) >= 11 is 4.96. The third kappa shape index (κ3) is 2.85. The molecule has 1 amide bonds. The van der Waals surface area contributed by atoms with Gasteiger partial charge < -0.3 is 10.6 Å². The summed E-state index contributed by atoms with van der Waals surface area (Å²) < 4.78 is 13.0. The highest BCUT2D eigenvalue weighted by Crippen LogP contribution is 2.19. The second kappa shape index (κ2) is 5.44. The number of carbonyl (C=O) groups excluding carboxylic acids is 1. The maximum atomic E-state index is 13.0. The van der Waals surface area contributed by atoms with Crippen molar-refractivity contribution in [1.29, 1.82) is 0 Å². The molecule has 0 bridgehead atoms. The number of halogens is 1. The van der Waals surface area contributed by atoms with Crippen molar-refractivity contribution in [3.8, 4) is 0 Å². The Hall–Kier alpha value is -1.49. The predicted octanol–water partition coefficient (Wildman–Crippen LogP) is 1.65. The Labute approximate surface area is 111 Å². The zero-order valence-electron chi connectivity index (χ0n) is 9.93. The summed E-state index contributed by atoms with van der Waals surface area (Å²) in [7, 11) is 0. The number of nitrogens with zero attached hydrogens (tertiary/aromatic N) is 1. The number of likely N-dealkylation sites (tertiary alicyclic amines) is 1. The van der Waals surface area contributed by atoms with Crippen LogP contribution in [0.5, 0.6) is 0 Å². The van der Waals surface area contributed by atoms with Crippen molar-refractivity contribution in [2.24, 2.45) is 5.73 Å². The molecule has 0 aromatic heterocycles. The lowest BCUT2D eigenvalue weighted by Crippen LogP contribution is -2.43. The first kappa shape index (κ1) is 13.0. The lowest BCUT2D eigenvalue weighted by molar-refractivity contribution is -0.130. The Morgan fingerprint density at radius 1 is 1.56 bits per heavy atom. The molecule has 1 aliphatic heterocycles. The van der Waals surface area contributed by atoms with Crippen molar-refractivity contribution in [2.45, 2.75) is 25.3 Å². The van der Waals surface area contributed by atoms with Gasteiger partial charge in [-0.15, -0.1) is 0 Å². The summed E-state index contributed by atoms with van der Waals surface area (Å²) in [6.45, 7) is 0.677. The van der Waals surface area contributed by atoms with Gasteiger partial charge in [-0.1, -0.05) is 24.4 Å². The second-order valence-corrected chi connectivity index (χ2v) is 4.93. The third-order valence-corrected chi connectivity index (χ3v) is 3.42. The molecular formula is C13H15FN2OS. The van der Waals surface area contributed by atoms with Crippen LogP contribution in [-0.4, -0.2) is 28.4 Å². The van der Waals surface area contributed by atoms with E-state index in [0.717, 1.165) is 12.8 Å². The second-order valence-electron chi connectivity index (χ2n) is 4.45. The SMILES string of the molecule is NC(=S)C1CCCN1C(=O)Cc1cccc(F)c1. The van der Waals surface area contributed by atoms with E-state index >= 15 is 0 Å². The Bertz CT molecular complexity index is 478. The van der Waals surface area contributed by atoms with E-state index in [-0.39, 0.29) is 24.2 Å². The van der Waals surface area contributed by atoms with Crippen molar-refractivity contribution in [3.05, 3.63) is 35.6 Å². The molecule has 1 saturated heterocycles. The minimum absolute atomic E-state index is 0.0455. The molecule has 1 unspecified atom stereocenters. The molecule has 1 aromatic carbocycles. The number of nitrogens with two attached hydrogens (primary N) is 1. The monoisotopic (exact) mass is 266 g/mol. The third-order valence-electron chi connectivity index (χ3n) is 3.15. The molecule has 18 heavy (non-hydrogen) atoms. The van der Waals surface area contributed by atoms with Crippen LogP contribution in [0.2, 0.25) is 0 Å². The highest BCUT2D eigenvalue weighted by molar-refractivity contribution is 7.80. The van der Waals surface area contributed by atoms with Gasteiger partial charge in [0.1, 0.15) is 5.82 Å². The van der Waals surface area contributed by atoms with Crippen LogP contribution in [0, 0.1) is 5.82 Å². The molecule has 0 spiro atoms. The van der Waals surface area contributed by atoms with Gasteiger partial charge in [0.25, 0.3) is 0 Å². The Balaban J connectivity index is 2.06. The van der Waals surface area contributed by atoms with Crippen molar-refractivity contribution < 1.29 is 9.18 Å². The summed E-state index contributed by atoms with van der Waals surface area (Å²) in [6, 6.07) is 5.95. The van der Waals surface area contributed by atoms with E-state index < -0.39 is 0 Å². The summed E-state index contributed by atoms with van der Waals surface area (Å²) in [5.41, 5.74) is 6.30. The van der Waals surface area contributed by atoms with Crippen LogP contribution in [-0.2, 0) is 11.2 Å². The van der Waals surface area contributed by atoms with Gasteiger partial charge >= 0.3 is 0 Å². The average Bonchev–Trinajstić information content (AvgIpc) is 2.77. The normalized spacial score (nSPS) is 18.9. The Morgan fingerprint density at radius 2 is 2.33 bits per heavy atom. The smallest absolute Gasteiger partial charge is 0.227 e. The molecule has 1 atom stereocenters. The van der Waals surface area contributed by atoms with Crippen LogP contribution in [0.4, 0.5) is 4.39 Å². The van der Waals surface area contributed by atoms with Crippen molar-refractivity contribution in [2.75, 3.05) is 6.54 Å². The fourth-order valence-corrected chi connectivity index (χ4v) is 2.53. The summed E-state index contributed by atoms with van der Waals surface area (Å²) in [5, 5.41) is 0. The van der Waals surface area contributed by atoms with E-state index in [2.05, 4.69) is 0 Å². The molecule has 3 nitrogen and oxygen atoms in total. The Kier molecular flexibility index (Phi) is 3.91. The van der Waals surface area contributed by atoms with Crippen LogP contribution < -0.4 is 5.73 Å². The van der Waals surface area contributed by atoms with Gasteiger partial charge in [-0.2, -0.15) is 0 Å². The van der Waals surface area contributed by atoms with Crippen LogP contribution in [0.15, 0.2) is 24.3 Å². The number of carbonyl (C=O) groups is 1. The van der Waals surface area contributed by atoms with E-state index in [1.807, 2.05) is 0 Å². The maximum absolute atomic E-state index is 13.0. The maximum Gasteiger partial charge on any atom is 0.227 e. The number of rotatable bonds is 3. The summed E-state index contributed by atoms with van der Waals surface area (Å²) in [5.74, 6) is -0.372. The zero-order valence-corrected chi connectivity index (χ0v) is 10.8. The first-order valence-corrected chi connectivity index (χ1v) is 6.32. The van der Waals surface area contributed by atoms with Gasteiger partial charge in [0.2, 0.25) is 5.91 Å². The largest absolute Gasteiger partial charge is 0.392 e. The molecule has 2 N–H and O–H groups in total. The molecule has 1 aliphatic rings. The highest BCUT2D eigenvalue weighted by Gasteiger charge is 2.30. The fourth-order valence-electron chi connectivity index (χ4n) is 2.28. The van der Waals surface area contributed by atoms with Crippen molar-refractivity contribution in [3.63, 3.8) is 0 Å². The van der Waals surface area contributed by atoms with Crippen LogP contribution in [0.1, 0.15) is 18.4 Å². The van der Waals surface area contributed by atoms with Gasteiger partial charge in [-0.3, -0.25) is 4.79 Å². The van der Waals surface area contributed by atoms with Crippen LogP contribution in [0.25, 0.3) is 0 Å². The zero-order chi connectivity index (χ0) is 13.1. The fraction of sp³-hybridized carbons (Fsp3) is 0.385. The number of thiocarbonyl (C=S) groups is 1. The first-order valence-electron chi connectivity index (χ1n) is 5.91. The molecule has 1 fully saturated rings. The molecule has 1 heterocycles. The minimum Gasteiger partial charge on any atom is -0.392 e. The minimum atomic E-state index is -0.326. The Morgan fingerprint density at radius 3 is 3.00 bits per heavy atom. The van der Waals surface area contributed by atoms with Crippen LogP contribution >= 0.6 is 12.2 Å². The molecule has 0 radical (unpaired) electrons. The topological polar surface area (TPSA) is 46.3 Å². The molecule has 2 rings (SSSR count). The van der Waals surface area contributed by atoms with E-state index in [0.29, 0.717) is 17.1 Å². The molecule has 5 heteroatoms. The van der Waals surface area contributed by atoms with Crippen LogP contribution in [0.3, 0.4) is 0 Å². The summed E-state index contributed by atoms with van der Waals surface area (Å²) in [6.07, 6.45) is 1.93. The molecule has 0 aliphatic carbocycles. The van der Waals surface area contributed by atoms with Gasteiger partial charge in [0.05, 0.1) is 17.5 Å². The number of hydrogen-bond donors (Lipinski definition) is 1. The van der Waals surface area contributed by atoms with Gasteiger partial charge in [0, 0.05) is 6.54 Å². The lowest BCUT2D eigenvalue weighted by atomic mass is 10.1. The number of amides is 1. The predicted molar refractivity (Wildman–Crippen MR) is 71.6 cm³/mol. The van der Waals surface area contributed by atoms with E-state index in [1.165, 1.54) is 12.1 Å². The number of hydrogen-bond acceptors (Lipinski definition) is 2. The van der Waals surface area contributed by atoms with Gasteiger partial charge in [-0.05, 0) is 30.5 Å². The first-order chi connectivity index (χ1) is 8.58. The standard InChI is InChI=1S/C13H15FN2OS/c14-10-4-1-3-9(7-10)8-12(17)16-6-2-5-11(16)13(15)18/h1,3-4,7,11H,2,5-6,8H2,(H2,15,18). The van der Waals surface area contributed by atoms with Crippen molar-refractivity contribution in [1.82, 2.24) is 4.90 Å². The average molecular weight is 266 g/mol. The number of benzene rings is 1. The summed E-state index contributed by atoms with van der Waals surface area (Å²) in [4.78, 5) is 14.2. The molecule has 0 saturated carbocycles. The molecule has 1 aromatic rings. The quantitative estimate of drug-likeness (QED) is 0.846. The van der Waals surface area contributed by atoms with E-state index in [9.17, 15) is 9.18 Å². The van der Waals surface area contributed by atoms with Gasteiger partial charge in [0.15, 0.2) is 0 Å². The van der Waals surface area contributed by atoms with Crippen molar-refractivity contribution >= 4 is 23.1 Å². The van der Waals surface area contributed by atoms with Gasteiger partial charge in [-0.25, -0.2) is 4.39 Å². The molecule has 96 valence electrons. The molecular weight excluding hydrogens is 251 g/mol. The van der Waals surface area contributed by atoms with E-state index in [4.69, 9.17) is 18.0 Å².